The first-order valence-electron chi connectivity index (χ1n) is 7.89. The number of sulfonamides is 1. The van der Waals surface area contributed by atoms with E-state index in [9.17, 15) is 13.2 Å². The minimum atomic E-state index is -3.72. The summed E-state index contributed by atoms with van der Waals surface area (Å²) < 4.78 is 33.0. The Morgan fingerprint density at radius 1 is 1.04 bits per heavy atom. The van der Waals surface area contributed by atoms with Crippen molar-refractivity contribution in [2.45, 2.75) is 24.2 Å². The Hall–Kier alpha value is -2.38. The summed E-state index contributed by atoms with van der Waals surface area (Å²) in [5, 5.41) is 5.03. The van der Waals surface area contributed by atoms with Gasteiger partial charge in [0.15, 0.2) is 0 Å². The van der Waals surface area contributed by atoms with E-state index in [4.69, 9.17) is 14.6 Å². The third-order valence-electron chi connectivity index (χ3n) is 3.64. The van der Waals surface area contributed by atoms with Gasteiger partial charge in [0.25, 0.3) is 0 Å². The number of rotatable bonds is 8. The Balaban J connectivity index is 1.81. The predicted octanol–water partition coefficient (Wildman–Crippen LogP) is 2.45. The maximum absolute atomic E-state index is 12.2. The molecule has 0 heterocycles. The van der Waals surface area contributed by atoms with Crippen LogP contribution < -0.4 is 9.88 Å². The molecule has 0 fully saturated rings. The number of ether oxygens (including phenoxy) is 2. The molecule has 0 amide bonds. The normalized spacial score (nSPS) is 12.4. The maximum Gasteiger partial charge on any atom is 0.313 e. The smallest absolute Gasteiger partial charge is 0.313 e. The zero-order valence-corrected chi connectivity index (χ0v) is 14.7. The Morgan fingerprint density at radius 3 is 2.24 bits per heavy atom. The molecule has 25 heavy (non-hydrogen) atoms. The molecule has 1 atom stereocenters. The summed E-state index contributed by atoms with van der Waals surface area (Å²) in [6.45, 7) is 2.22. The van der Waals surface area contributed by atoms with Crippen LogP contribution in [0.2, 0.25) is 0 Å². The molecule has 7 heteroatoms. The summed E-state index contributed by atoms with van der Waals surface area (Å²) >= 11 is 0. The van der Waals surface area contributed by atoms with Crippen molar-refractivity contribution in [3.05, 3.63) is 60.2 Å². The van der Waals surface area contributed by atoms with E-state index < -0.39 is 10.0 Å². The third kappa shape index (κ3) is 5.58. The minimum Gasteiger partial charge on any atom is -0.490 e. The van der Waals surface area contributed by atoms with Gasteiger partial charge in [0.1, 0.15) is 19.0 Å². The molecule has 0 aliphatic carbocycles. The first-order chi connectivity index (χ1) is 11.9. The van der Waals surface area contributed by atoms with Crippen molar-refractivity contribution in [1.82, 2.24) is 0 Å². The molecular weight excluding hydrogens is 342 g/mol. The van der Waals surface area contributed by atoms with E-state index in [1.54, 1.807) is 0 Å². The van der Waals surface area contributed by atoms with Crippen LogP contribution in [0.3, 0.4) is 0 Å². The van der Waals surface area contributed by atoms with Gasteiger partial charge in [-0.3, -0.25) is 4.79 Å². The van der Waals surface area contributed by atoms with Crippen molar-refractivity contribution in [2.24, 2.45) is 5.14 Å². The molecule has 0 radical (unpaired) electrons. The summed E-state index contributed by atoms with van der Waals surface area (Å²) in [7, 11) is -3.72. The molecule has 0 spiro atoms. The fraction of sp³-hybridized carbons (Fsp3) is 0.278. The highest BCUT2D eigenvalue weighted by Crippen LogP contribution is 2.20. The second kappa shape index (κ2) is 8.64. The molecule has 2 N–H and O–H groups in total. The molecule has 0 aliphatic rings. The van der Waals surface area contributed by atoms with E-state index in [1.807, 2.05) is 37.3 Å². The van der Waals surface area contributed by atoms with Gasteiger partial charge in [-0.2, -0.15) is 0 Å². The molecule has 0 aromatic heterocycles. The lowest BCUT2D eigenvalue weighted by atomic mass is 9.97. The fourth-order valence-corrected chi connectivity index (χ4v) is 2.87. The molecule has 2 aromatic carbocycles. The molecule has 2 aromatic rings. The van der Waals surface area contributed by atoms with Gasteiger partial charge < -0.3 is 9.47 Å². The lowest BCUT2D eigenvalue weighted by molar-refractivity contribution is -0.146. The SMILES string of the molecule is CC[C@H](C(=O)OCCOc1ccc(S(N)(=O)=O)cc1)c1ccccc1. The highest BCUT2D eigenvalue weighted by atomic mass is 32.2. The topological polar surface area (TPSA) is 95.7 Å². The Bertz CT molecular complexity index is 788. The quantitative estimate of drug-likeness (QED) is 0.574. The molecule has 134 valence electrons. The van der Waals surface area contributed by atoms with Crippen molar-refractivity contribution >= 4 is 16.0 Å². The molecule has 0 saturated carbocycles. The van der Waals surface area contributed by atoms with Crippen LogP contribution >= 0.6 is 0 Å². The summed E-state index contributed by atoms with van der Waals surface area (Å²) in [6, 6.07) is 15.2. The average Bonchev–Trinajstić information content (AvgIpc) is 2.60. The van der Waals surface area contributed by atoms with Gasteiger partial charge in [-0.25, -0.2) is 13.6 Å². The van der Waals surface area contributed by atoms with E-state index in [2.05, 4.69) is 0 Å². The minimum absolute atomic E-state index is 0.0138. The summed E-state index contributed by atoms with van der Waals surface area (Å²) in [4.78, 5) is 12.2. The average molecular weight is 363 g/mol. The highest BCUT2D eigenvalue weighted by Gasteiger charge is 2.19. The molecule has 2 rings (SSSR count). The van der Waals surface area contributed by atoms with Crippen LogP contribution in [0.4, 0.5) is 0 Å². The van der Waals surface area contributed by atoms with Gasteiger partial charge >= 0.3 is 5.97 Å². The Morgan fingerprint density at radius 2 is 1.68 bits per heavy atom. The van der Waals surface area contributed by atoms with Crippen LogP contribution in [-0.4, -0.2) is 27.6 Å². The van der Waals surface area contributed by atoms with Crippen LogP contribution in [0.1, 0.15) is 24.8 Å². The molecule has 0 aliphatic heterocycles. The van der Waals surface area contributed by atoms with E-state index in [1.165, 1.54) is 24.3 Å². The number of carbonyl (C=O) groups excluding carboxylic acids is 1. The van der Waals surface area contributed by atoms with Crippen molar-refractivity contribution in [3.63, 3.8) is 0 Å². The van der Waals surface area contributed by atoms with Gasteiger partial charge in [0, 0.05) is 0 Å². The van der Waals surface area contributed by atoms with Crippen molar-refractivity contribution in [1.29, 1.82) is 0 Å². The first kappa shape index (κ1) is 19.0. The number of esters is 1. The Labute approximate surface area is 147 Å². The van der Waals surface area contributed by atoms with Crippen LogP contribution in [0, 0.1) is 0 Å². The number of hydrogen-bond acceptors (Lipinski definition) is 5. The van der Waals surface area contributed by atoms with Gasteiger partial charge in [-0.1, -0.05) is 37.3 Å². The van der Waals surface area contributed by atoms with E-state index in [0.29, 0.717) is 12.2 Å². The number of hydrogen-bond donors (Lipinski definition) is 1. The van der Waals surface area contributed by atoms with Gasteiger partial charge in [-0.05, 0) is 36.2 Å². The largest absolute Gasteiger partial charge is 0.490 e. The summed E-state index contributed by atoms with van der Waals surface area (Å²) in [5.41, 5.74) is 0.925. The Kier molecular flexibility index (Phi) is 6.55. The monoisotopic (exact) mass is 363 g/mol. The summed E-state index contributed by atoms with van der Waals surface area (Å²) in [5.74, 6) is -0.115. The molecule has 0 saturated heterocycles. The van der Waals surface area contributed by atoms with Crippen LogP contribution in [0.25, 0.3) is 0 Å². The molecule has 0 unspecified atom stereocenters. The van der Waals surface area contributed by atoms with Crippen LogP contribution in [-0.2, 0) is 19.6 Å². The molecule has 0 bridgehead atoms. The number of benzene rings is 2. The number of nitrogens with two attached hydrogens (primary N) is 1. The second-order valence-electron chi connectivity index (χ2n) is 5.40. The molecular formula is C18H21NO5S. The number of carbonyl (C=O) groups is 1. The number of primary sulfonamides is 1. The van der Waals surface area contributed by atoms with Crippen molar-refractivity contribution < 1.29 is 22.7 Å². The first-order valence-corrected chi connectivity index (χ1v) is 9.43. The van der Waals surface area contributed by atoms with E-state index in [-0.39, 0.29) is 30.0 Å². The van der Waals surface area contributed by atoms with Crippen LogP contribution in [0.15, 0.2) is 59.5 Å². The van der Waals surface area contributed by atoms with Gasteiger partial charge in [0.05, 0.1) is 10.8 Å². The van der Waals surface area contributed by atoms with Crippen LogP contribution in [0.5, 0.6) is 5.75 Å². The zero-order valence-electron chi connectivity index (χ0n) is 13.9. The zero-order chi connectivity index (χ0) is 18.3. The van der Waals surface area contributed by atoms with Gasteiger partial charge in [0.2, 0.25) is 10.0 Å². The van der Waals surface area contributed by atoms with Crippen molar-refractivity contribution in [3.8, 4) is 5.75 Å². The fourth-order valence-electron chi connectivity index (χ4n) is 2.35. The highest BCUT2D eigenvalue weighted by molar-refractivity contribution is 7.89. The third-order valence-corrected chi connectivity index (χ3v) is 4.57. The molecule has 6 nitrogen and oxygen atoms in total. The van der Waals surface area contributed by atoms with Gasteiger partial charge in [-0.15, -0.1) is 0 Å². The summed E-state index contributed by atoms with van der Waals surface area (Å²) in [6.07, 6.45) is 0.652. The standard InChI is InChI=1S/C18H21NO5S/c1-2-17(14-6-4-3-5-7-14)18(20)24-13-12-23-15-8-10-16(11-9-15)25(19,21)22/h3-11,17H,2,12-13H2,1H3,(H2,19,21,22)/t17-/m0/s1. The van der Waals surface area contributed by atoms with Crippen molar-refractivity contribution in [2.75, 3.05) is 13.2 Å². The lowest BCUT2D eigenvalue weighted by Crippen LogP contribution is -2.18. The van der Waals surface area contributed by atoms with E-state index >= 15 is 0 Å². The second-order valence-corrected chi connectivity index (χ2v) is 6.97. The maximum atomic E-state index is 12.2. The lowest BCUT2D eigenvalue weighted by Gasteiger charge is -2.15. The van der Waals surface area contributed by atoms with E-state index in [0.717, 1.165) is 5.56 Å². The predicted molar refractivity (Wildman–Crippen MR) is 93.7 cm³/mol.